The van der Waals surface area contributed by atoms with Crippen molar-refractivity contribution in [3.63, 3.8) is 0 Å². The molecule has 0 radical (unpaired) electrons. The van der Waals surface area contributed by atoms with Crippen molar-refractivity contribution in [2.24, 2.45) is 0 Å². The van der Waals surface area contributed by atoms with Crippen LogP contribution in [0.25, 0.3) is 11.3 Å². The van der Waals surface area contributed by atoms with Gasteiger partial charge in [-0.15, -0.1) is 0 Å². The summed E-state index contributed by atoms with van der Waals surface area (Å²) < 4.78 is 0. The van der Waals surface area contributed by atoms with Crippen LogP contribution in [0.3, 0.4) is 0 Å². The molecule has 0 aliphatic heterocycles. The molecule has 90 valence electrons. The van der Waals surface area contributed by atoms with Crippen molar-refractivity contribution >= 4 is 5.97 Å². The Balaban J connectivity index is 2.14. The van der Waals surface area contributed by atoms with Crippen LogP contribution in [0.5, 0.6) is 0 Å². The Labute approximate surface area is 104 Å². The molecule has 1 N–H and O–H groups in total. The van der Waals surface area contributed by atoms with Crippen LogP contribution < -0.4 is 0 Å². The number of aromatic nitrogens is 2. The fourth-order valence-corrected chi connectivity index (χ4v) is 1.91. The van der Waals surface area contributed by atoms with Gasteiger partial charge in [0.15, 0.2) is 0 Å². The monoisotopic (exact) mass is 240 g/mol. The summed E-state index contributed by atoms with van der Waals surface area (Å²) in [7, 11) is 0. The molecule has 4 heteroatoms. The van der Waals surface area contributed by atoms with Crippen molar-refractivity contribution in [1.82, 2.24) is 9.97 Å². The molecule has 0 bridgehead atoms. The molecular formula is C14H12N2O2. The van der Waals surface area contributed by atoms with Gasteiger partial charge in [-0.3, -0.25) is 0 Å². The van der Waals surface area contributed by atoms with Crippen molar-refractivity contribution in [2.45, 2.75) is 18.8 Å². The third kappa shape index (κ3) is 1.97. The van der Waals surface area contributed by atoms with Gasteiger partial charge in [0, 0.05) is 17.7 Å². The third-order valence-corrected chi connectivity index (χ3v) is 3.03. The highest BCUT2D eigenvalue weighted by atomic mass is 16.4. The lowest BCUT2D eigenvalue weighted by atomic mass is 10.1. The highest BCUT2D eigenvalue weighted by molar-refractivity contribution is 5.94. The maximum absolute atomic E-state index is 11.2. The summed E-state index contributed by atoms with van der Waals surface area (Å²) in [4.78, 5) is 19.8. The predicted molar refractivity (Wildman–Crippen MR) is 66.4 cm³/mol. The lowest BCUT2D eigenvalue weighted by Crippen LogP contribution is -2.05. The lowest BCUT2D eigenvalue weighted by Gasteiger charge is -2.07. The van der Waals surface area contributed by atoms with Crippen molar-refractivity contribution in [1.29, 1.82) is 0 Å². The second-order valence-corrected chi connectivity index (χ2v) is 4.44. The van der Waals surface area contributed by atoms with E-state index in [1.54, 1.807) is 0 Å². The van der Waals surface area contributed by atoms with Gasteiger partial charge in [0.05, 0.1) is 5.69 Å². The van der Waals surface area contributed by atoms with Crippen LogP contribution in [0.1, 0.15) is 34.9 Å². The van der Waals surface area contributed by atoms with E-state index in [1.807, 2.05) is 30.3 Å². The van der Waals surface area contributed by atoms with Crippen molar-refractivity contribution in [2.75, 3.05) is 0 Å². The first-order valence-electron chi connectivity index (χ1n) is 5.91. The first-order chi connectivity index (χ1) is 8.75. The highest BCUT2D eigenvalue weighted by Gasteiger charge is 2.28. The van der Waals surface area contributed by atoms with E-state index >= 15 is 0 Å². The van der Waals surface area contributed by atoms with Crippen molar-refractivity contribution in [3.05, 3.63) is 47.9 Å². The summed E-state index contributed by atoms with van der Waals surface area (Å²) in [6, 6.07) is 9.38. The molecule has 0 spiro atoms. The number of nitrogens with zero attached hydrogens (tertiary/aromatic N) is 2. The highest BCUT2D eigenvalue weighted by Crippen LogP contribution is 2.38. The van der Waals surface area contributed by atoms with Gasteiger partial charge in [-0.05, 0) is 12.8 Å². The van der Waals surface area contributed by atoms with Gasteiger partial charge in [0.2, 0.25) is 0 Å². The molecular weight excluding hydrogens is 228 g/mol. The molecule has 1 aliphatic carbocycles. The van der Waals surface area contributed by atoms with Crippen LogP contribution in [0.4, 0.5) is 0 Å². The summed E-state index contributed by atoms with van der Waals surface area (Å²) >= 11 is 0. The van der Waals surface area contributed by atoms with Crippen LogP contribution in [0, 0.1) is 0 Å². The van der Waals surface area contributed by atoms with Crippen LogP contribution in [-0.4, -0.2) is 21.0 Å². The number of carboxylic acid groups (broad SMARTS) is 1. The molecule has 0 amide bonds. The Morgan fingerprint density at radius 2 is 1.94 bits per heavy atom. The molecule has 0 atom stereocenters. The van der Waals surface area contributed by atoms with E-state index in [0.717, 1.165) is 24.2 Å². The molecule has 3 rings (SSSR count). The van der Waals surface area contributed by atoms with E-state index in [2.05, 4.69) is 9.97 Å². The van der Waals surface area contributed by atoms with Gasteiger partial charge in [-0.1, -0.05) is 30.3 Å². The summed E-state index contributed by atoms with van der Waals surface area (Å²) in [5.41, 5.74) is 1.49. The zero-order valence-electron chi connectivity index (χ0n) is 9.71. The smallest absolute Gasteiger partial charge is 0.339 e. The van der Waals surface area contributed by atoms with Crippen LogP contribution in [-0.2, 0) is 0 Å². The zero-order chi connectivity index (χ0) is 12.5. The predicted octanol–water partition coefficient (Wildman–Crippen LogP) is 2.72. The molecule has 1 aliphatic rings. The molecule has 4 nitrogen and oxygen atoms in total. The number of rotatable bonds is 3. The van der Waals surface area contributed by atoms with Gasteiger partial charge < -0.3 is 5.11 Å². The van der Waals surface area contributed by atoms with Gasteiger partial charge in [0.25, 0.3) is 0 Å². The van der Waals surface area contributed by atoms with E-state index < -0.39 is 5.97 Å². The number of hydrogen-bond donors (Lipinski definition) is 1. The minimum Gasteiger partial charge on any atom is -0.478 e. The number of benzene rings is 1. The minimum atomic E-state index is -0.990. The molecule has 18 heavy (non-hydrogen) atoms. The Kier molecular flexibility index (Phi) is 2.55. The summed E-state index contributed by atoms with van der Waals surface area (Å²) in [5, 5.41) is 9.19. The van der Waals surface area contributed by atoms with Crippen LogP contribution in [0.2, 0.25) is 0 Å². The Morgan fingerprint density at radius 1 is 1.22 bits per heavy atom. The molecule has 1 saturated carbocycles. The average molecular weight is 240 g/mol. The third-order valence-electron chi connectivity index (χ3n) is 3.03. The fraction of sp³-hybridized carbons (Fsp3) is 0.214. The Morgan fingerprint density at radius 3 is 2.56 bits per heavy atom. The van der Waals surface area contributed by atoms with Gasteiger partial charge in [-0.25, -0.2) is 14.8 Å². The quantitative estimate of drug-likeness (QED) is 0.895. The van der Waals surface area contributed by atoms with E-state index in [0.29, 0.717) is 11.6 Å². The Bertz CT molecular complexity index is 592. The molecule has 0 saturated heterocycles. The topological polar surface area (TPSA) is 63.1 Å². The van der Waals surface area contributed by atoms with Gasteiger partial charge >= 0.3 is 5.97 Å². The first kappa shape index (κ1) is 10.9. The maximum atomic E-state index is 11.2. The number of carbonyl (C=O) groups is 1. The summed E-state index contributed by atoms with van der Waals surface area (Å²) in [6.07, 6.45) is 3.62. The molecule has 1 aromatic carbocycles. The number of aromatic carboxylic acids is 1. The number of carboxylic acids is 1. The van der Waals surface area contributed by atoms with Crippen LogP contribution >= 0.6 is 0 Å². The fourth-order valence-electron chi connectivity index (χ4n) is 1.91. The van der Waals surface area contributed by atoms with E-state index in [4.69, 9.17) is 0 Å². The summed E-state index contributed by atoms with van der Waals surface area (Å²) in [5.74, 6) is 0.186. The van der Waals surface area contributed by atoms with E-state index in [-0.39, 0.29) is 5.56 Å². The van der Waals surface area contributed by atoms with Gasteiger partial charge in [0.1, 0.15) is 11.4 Å². The van der Waals surface area contributed by atoms with E-state index in [9.17, 15) is 9.90 Å². The van der Waals surface area contributed by atoms with Gasteiger partial charge in [-0.2, -0.15) is 0 Å². The molecule has 0 unspecified atom stereocenters. The lowest BCUT2D eigenvalue weighted by molar-refractivity contribution is 0.0697. The van der Waals surface area contributed by atoms with Crippen molar-refractivity contribution in [3.8, 4) is 11.3 Å². The van der Waals surface area contributed by atoms with Crippen LogP contribution in [0.15, 0.2) is 36.5 Å². The Hall–Kier alpha value is -2.23. The molecule has 1 fully saturated rings. The average Bonchev–Trinajstić information content (AvgIpc) is 3.23. The largest absolute Gasteiger partial charge is 0.478 e. The SMILES string of the molecule is O=C(O)c1cnc(C2CC2)nc1-c1ccccc1. The maximum Gasteiger partial charge on any atom is 0.339 e. The molecule has 1 heterocycles. The zero-order valence-corrected chi connectivity index (χ0v) is 9.71. The second kappa shape index (κ2) is 4.22. The standard InChI is InChI=1S/C14H12N2O2/c17-14(18)11-8-15-13(10-6-7-10)16-12(11)9-4-2-1-3-5-9/h1-5,8,10H,6-7H2,(H,17,18). The number of hydrogen-bond acceptors (Lipinski definition) is 3. The minimum absolute atomic E-state index is 0.158. The summed E-state index contributed by atoms with van der Waals surface area (Å²) in [6.45, 7) is 0. The van der Waals surface area contributed by atoms with Crippen molar-refractivity contribution < 1.29 is 9.90 Å². The first-order valence-corrected chi connectivity index (χ1v) is 5.91. The second-order valence-electron chi connectivity index (χ2n) is 4.44. The normalized spacial score (nSPS) is 14.4. The molecule has 1 aromatic heterocycles. The molecule has 2 aromatic rings. The van der Waals surface area contributed by atoms with E-state index in [1.165, 1.54) is 6.20 Å².